The van der Waals surface area contributed by atoms with E-state index in [-0.39, 0.29) is 10.4 Å². The van der Waals surface area contributed by atoms with Crippen molar-refractivity contribution in [2.75, 3.05) is 0 Å². The molecule has 0 bridgehead atoms. The van der Waals surface area contributed by atoms with Gasteiger partial charge in [0.25, 0.3) is 0 Å². The van der Waals surface area contributed by atoms with Gasteiger partial charge in [-0.25, -0.2) is 18.1 Å². The summed E-state index contributed by atoms with van der Waals surface area (Å²) in [5.41, 5.74) is 0.836. The molecule has 0 spiro atoms. The van der Waals surface area contributed by atoms with Gasteiger partial charge in [-0.2, -0.15) is 10.1 Å². The Kier molecular flexibility index (Phi) is 2.58. The predicted molar refractivity (Wildman–Crippen MR) is 76.9 cm³/mol. The van der Waals surface area contributed by atoms with Crippen LogP contribution in [-0.4, -0.2) is 33.4 Å². The van der Waals surface area contributed by atoms with Crippen molar-refractivity contribution in [1.82, 2.24) is 19.7 Å². The fourth-order valence-corrected chi connectivity index (χ4v) is 3.69. The first-order valence-electron chi connectivity index (χ1n) is 6.66. The predicted octanol–water partition coefficient (Wildman–Crippen LogP) is 1.75. The molecule has 0 saturated heterocycles. The Morgan fingerprint density at radius 1 is 1.14 bits per heavy atom. The van der Waals surface area contributed by atoms with Crippen LogP contribution in [0.5, 0.6) is 0 Å². The lowest BCUT2D eigenvalue weighted by Gasteiger charge is -2.03. The van der Waals surface area contributed by atoms with E-state index < -0.39 is 9.84 Å². The molecule has 2 heterocycles. The van der Waals surface area contributed by atoms with Crippen LogP contribution in [0.25, 0.3) is 16.7 Å². The van der Waals surface area contributed by atoms with E-state index in [1.807, 2.05) is 30.5 Å². The second-order valence-electron chi connectivity index (χ2n) is 5.07. The highest BCUT2D eigenvalue weighted by atomic mass is 32.2. The number of nitrogens with zero attached hydrogens (tertiary/aromatic N) is 4. The van der Waals surface area contributed by atoms with E-state index >= 15 is 0 Å². The van der Waals surface area contributed by atoms with Gasteiger partial charge in [-0.15, -0.1) is 0 Å². The van der Waals surface area contributed by atoms with Crippen molar-refractivity contribution < 1.29 is 8.42 Å². The minimum Gasteiger partial charge on any atom is -0.227 e. The van der Waals surface area contributed by atoms with Gasteiger partial charge < -0.3 is 0 Å². The molecule has 7 heteroatoms. The SMILES string of the molecule is O=S(=O)(c1nccc(-n2cc3ccccc3n2)n1)C1CC1. The van der Waals surface area contributed by atoms with Crippen LogP contribution in [0.2, 0.25) is 0 Å². The lowest BCUT2D eigenvalue weighted by Crippen LogP contribution is -2.13. The third-order valence-corrected chi connectivity index (χ3v) is 5.54. The number of rotatable bonds is 3. The standard InChI is InChI=1S/C14H12N4O2S/c19-21(20,11-5-6-11)14-15-8-7-13(16-14)18-9-10-3-1-2-4-12(10)17-18/h1-4,7-9,11H,5-6H2. The molecule has 0 atom stereocenters. The van der Waals surface area contributed by atoms with Crippen LogP contribution in [0.1, 0.15) is 12.8 Å². The smallest absolute Gasteiger partial charge is 0.227 e. The van der Waals surface area contributed by atoms with Crippen molar-refractivity contribution in [2.45, 2.75) is 23.2 Å². The third kappa shape index (κ3) is 2.09. The first kappa shape index (κ1) is 12.5. The Labute approximate surface area is 121 Å². The van der Waals surface area contributed by atoms with Crippen LogP contribution in [0.3, 0.4) is 0 Å². The van der Waals surface area contributed by atoms with Crippen molar-refractivity contribution >= 4 is 20.7 Å². The van der Waals surface area contributed by atoms with Crippen LogP contribution >= 0.6 is 0 Å². The van der Waals surface area contributed by atoms with E-state index in [2.05, 4.69) is 15.1 Å². The van der Waals surface area contributed by atoms with Crippen molar-refractivity contribution in [3.63, 3.8) is 0 Å². The fraction of sp³-hybridized carbons (Fsp3) is 0.214. The number of hydrogen-bond acceptors (Lipinski definition) is 5. The summed E-state index contributed by atoms with van der Waals surface area (Å²) in [4.78, 5) is 8.08. The van der Waals surface area contributed by atoms with Gasteiger partial charge in [-0.05, 0) is 18.9 Å². The summed E-state index contributed by atoms with van der Waals surface area (Å²) in [5.74, 6) is 0.459. The Hall–Kier alpha value is -2.28. The number of fused-ring (bicyclic) bond motifs is 1. The van der Waals surface area contributed by atoms with Crippen LogP contribution in [0.4, 0.5) is 0 Å². The van der Waals surface area contributed by atoms with E-state index in [1.54, 1.807) is 10.7 Å². The average Bonchev–Trinajstić information content (AvgIpc) is 3.27. The zero-order valence-corrected chi connectivity index (χ0v) is 11.9. The number of hydrogen-bond donors (Lipinski definition) is 0. The molecule has 4 rings (SSSR count). The number of aromatic nitrogens is 4. The molecule has 1 aliphatic rings. The molecule has 2 aromatic heterocycles. The average molecular weight is 300 g/mol. The molecule has 0 aliphatic heterocycles. The molecule has 1 aliphatic carbocycles. The first-order chi connectivity index (χ1) is 10.1. The second-order valence-corrected chi connectivity index (χ2v) is 7.20. The molecule has 0 unspecified atom stereocenters. The van der Waals surface area contributed by atoms with Crippen molar-refractivity contribution in [3.05, 3.63) is 42.7 Å². The summed E-state index contributed by atoms with van der Waals surface area (Å²) in [5, 5.41) is 4.95. The molecule has 3 aromatic rings. The monoisotopic (exact) mass is 300 g/mol. The molecule has 106 valence electrons. The molecule has 1 saturated carbocycles. The third-order valence-electron chi connectivity index (χ3n) is 3.48. The van der Waals surface area contributed by atoms with Crippen LogP contribution in [0.15, 0.2) is 47.9 Å². The molecule has 0 amide bonds. The highest BCUT2D eigenvalue weighted by Gasteiger charge is 2.39. The molecular weight excluding hydrogens is 288 g/mol. The summed E-state index contributed by atoms with van der Waals surface area (Å²) in [6.07, 6.45) is 4.68. The van der Waals surface area contributed by atoms with Crippen molar-refractivity contribution in [1.29, 1.82) is 0 Å². The molecule has 1 fully saturated rings. The molecule has 0 N–H and O–H groups in total. The van der Waals surface area contributed by atoms with Gasteiger partial charge in [-0.1, -0.05) is 18.2 Å². The van der Waals surface area contributed by atoms with Gasteiger partial charge in [0.05, 0.1) is 10.8 Å². The fourth-order valence-electron chi connectivity index (χ4n) is 2.21. The largest absolute Gasteiger partial charge is 0.249 e. The lowest BCUT2D eigenvalue weighted by atomic mass is 10.3. The maximum Gasteiger partial charge on any atom is 0.249 e. The van der Waals surface area contributed by atoms with Gasteiger partial charge >= 0.3 is 0 Å². The Morgan fingerprint density at radius 3 is 2.71 bits per heavy atom. The minimum atomic E-state index is -3.39. The Bertz CT molecular complexity index is 896. The summed E-state index contributed by atoms with van der Waals surface area (Å²) in [6.45, 7) is 0. The van der Waals surface area contributed by atoms with E-state index in [1.165, 1.54) is 6.20 Å². The summed E-state index contributed by atoms with van der Waals surface area (Å²) in [7, 11) is -3.39. The number of benzene rings is 1. The summed E-state index contributed by atoms with van der Waals surface area (Å²) >= 11 is 0. The topological polar surface area (TPSA) is 77.7 Å². The highest BCUT2D eigenvalue weighted by Crippen LogP contribution is 2.32. The van der Waals surface area contributed by atoms with Gasteiger partial charge in [0.2, 0.25) is 15.0 Å². The van der Waals surface area contributed by atoms with Crippen molar-refractivity contribution in [2.24, 2.45) is 0 Å². The van der Waals surface area contributed by atoms with E-state index in [9.17, 15) is 8.42 Å². The van der Waals surface area contributed by atoms with Gasteiger partial charge in [0, 0.05) is 23.8 Å². The van der Waals surface area contributed by atoms with Gasteiger partial charge in [0.1, 0.15) is 0 Å². The van der Waals surface area contributed by atoms with Crippen LogP contribution < -0.4 is 0 Å². The van der Waals surface area contributed by atoms with E-state index in [4.69, 9.17) is 0 Å². The summed E-state index contributed by atoms with van der Waals surface area (Å²) < 4.78 is 26.0. The zero-order valence-electron chi connectivity index (χ0n) is 11.0. The Balaban J connectivity index is 1.82. The molecule has 6 nitrogen and oxygen atoms in total. The highest BCUT2D eigenvalue weighted by molar-refractivity contribution is 7.92. The molecule has 0 radical (unpaired) electrons. The van der Waals surface area contributed by atoms with Crippen LogP contribution in [0, 0.1) is 0 Å². The molecular formula is C14H12N4O2S. The van der Waals surface area contributed by atoms with Gasteiger partial charge in [0.15, 0.2) is 5.82 Å². The number of sulfone groups is 1. The lowest BCUT2D eigenvalue weighted by molar-refractivity contribution is 0.584. The van der Waals surface area contributed by atoms with Gasteiger partial charge in [-0.3, -0.25) is 0 Å². The maximum absolute atomic E-state index is 12.2. The molecule has 21 heavy (non-hydrogen) atoms. The molecule has 1 aromatic carbocycles. The minimum absolute atomic E-state index is 0.109. The van der Waals surface area contributed by atoms with Crippen molar-refractivity contribution in [3.8, 4) is 5.82 Å². The summed E-state index contributed by atoms with van der Waals surface area (Å²) in [6, 6.07) is 9.33. The second kappa shape index (κ2) is 4.36. The van der Waals surface area contributed by atoms with E-state index in [0.717, 1.165) is 10.9 Å². The normalized spacial score (nSPS) is 15.4. The quantitative estimate of drug-likeness (QED) is 0.689. The Morgan fingerprint density at radius 2 is 1.95 bits per heavy atom. The zero-order chi connectivity index (χ0) is 14.4. The maximum atomic E-state index is 12.2. The first-order valence-corrected chi connectivity index (χ1v) is 8.21. The van der Waals surface area contributed by atoms with Crippen LogP contribution in [-0.2, 0) is 9.84 Å². The van der Waals surface area contributed by atoms with E-state index in [0.29, 0.717) is 18.7 Å².